The summed E-state index contributed by atoms with van der Waals surface area (Å²) < 4.78 is 30.8. The second-order valence-electron chi connectivity index (χ2n) is 6.70. The third-order valence-corrected chi connectivity index (χ3v) is 11.8. The van der Waals surface area contributed by atoms with Crippen molar-refractivity contribution >= 4 is 17.4 Å². The molecule has 0 fully saturated rings. The molecule has 0 heterocycles. The quantitative estimate of drug-likeness (QED) is 0.189. The molecular weight excluding hydrogens is 402 g/mol. The monoisotopic (exact) mass is 447 g/mol. The average molecular weight is 448 g/mol. The molecule has 0 rings (SSSR count). The summed E-state index contributed by atoms with van der Waals surface area (Å²) in [6, 6.07) is 2.50. The molecule has 0 amide bonds. The Labute approximate surface area is 181 Å². The summed E-state index contributed by atoms with van der Waals surface area (Å²) in [6.45, 7) is 23.5. The molecule has 0 aliphatic heterocycles. The van der Waals surface area contributed by atoms with Gasteiger partial charge in [0.25, 0.3) is 0 Å². The zero-order valence-electron chi connectivity index (χ0n) is 19.5. The molecule has 0 saturated carbocycles. The van der Waals surface area contributed by atoms with E-state index in [2.05, 4.69) is 18.1 Å². The lowest BCUT2D eigenvalue weighted by Gasteiger charge is -2.34. The average Bonchev–Trinajstić information content (AvgIpc) is 2.68. The first-order valence-electron chi connectivity index (χ1n) is 11.1. The van der Waals surface area contributed by atoms with Crippen LogP contribution >= 0.6 is 0 Å². The van der Waals surface area contributed by atoms with E-state index in [0.29, 0.717) is 33.0 Å². The Morgan fingerprint density at radius 3 is 1.48 bits per heavy atom. The van der Waals surface area contributed by atoms with Crippen LogP contribution in [0.15, 0.2) is 25.3 Å². The first-order valence-corrected chi connectivity index (χ1v) is 15.3. The molecule has 0 spiro atoms. The van der Waals surface area contributed by atoms with Crippen LogP contribution in [0.4, 0.5) is 0 Å². The minimum atomic E-state index is -2.71. The predicted octanol–water partition coefficient (Wildman–Crippen LogP) is 4.61. The summed E-state index contributed by atoms with van der Waals surface area (Å²) in [7, 11) is -5.10. The smallest absolute Gasteiger partial charge is 0.394 e. The zero-order chi connectivity index (χ0) is 22.0. The van der Waals surface area contributed by atoms with Crippen molar-refractivity contribution < 1.29 is 22.1 Å². The van der Waals surface area contributed by atoms with E-state index in [1.807, 2.05) is 46.8 Å². The molecule has 6 nitrogen and oxygen atoms in total. The predicted molar refractivity (Wildman–Crippen MR) is 126 cm³/mol. The van der Waals surface area contributed by atoms with Gasteiger partial charge in [-0.25, -0.2) is 0 Å². The lowest BCUT2D eigenvalue weighted by Crippen LogP contribution is -2.50. The van der Waals surface area contributed by atoms with Crippen LogP contribution in [0.3, 0.4) is 0 Å². The van der Waals surface area contributed by atoms with Gasteiger partial charge in [0.1, 0.15) is 0 Å². The van der Waals surface area contributed by atoms with Crippen molar-refractivity contribution in [2.45, 2.75) is 59.2 Å². The molecule has 0 N–H and O–H groups in total. The zero-order valence-corrected chi connectivity index (χ0v) is 21.5. The third-order valence-electron chi connectivity index (χ3n) is 4.53. The fraction of sp³-hybridized carbons (Fsp3) is 0.810. The van der Waals surface area contributed by atoms with Crippen molar-refractivity contribution in [2.24, 2.45) is 0 Å². The first-order chi connectivity index (χ1) is 14.0. The number of rotatable bonds is 21. The fourth-order valence-corrected chi connectivity index (χ4v) is 10.9. The van der Waals surface area contributed by atoms with Gasteiger partial charge in [0.05, 0.1) is 0 Å². The Kier molecular flexibility index (Phi) is 17.2. The van der Waals surface area contributed by atoms with Crippen molar-refractivity contribution in [3.05, 3.63) is 25.3 Å². The fourth-order valence-electron chi connectivity index (χ4n) is 3.52. The molecule has 0 aromatic rings. The Balaban J connectivity index is 5.24. The van der Waals surface area contributed by atoms with E-state index in [4.69, 9.17) is 22.1 Å². The van der Waals surface area contributed by atoms with Gasteiger partial charge >= 0.3 is 17.4 Å². The van der Waals surface area contributed by atoms with Gasteiger partial charge in [0.2, 0.25) is 0 Å². The van der Waals surface area contributed by atoms with Crippen LogP contribution in [-0.2, 0) is 22.1 Å². The number of nitrogens with zero attached hydrogens (tertiary/aromatic N) is 1. The Morgan fingerprint density at radius 1 is 0.655 bits per heavy atom. The van der Waals surface area contributed by atoms with Crippen molar-refractivity contribution in [1.29, 1.82) is 0 Å². The highest BCUT2D eigenvalue weighted by Crippen LogP contribution is 2.29. The van der Waals surface area contributed by atoms with Crippen LogP contribution in [0.1, 0.15) is 41.0 Å². The lowest BCUT2D eigenvalue weighted by molar-refractivity contribution is 0.0711. The summed E-state index contributed by atoms with van der Waals surface area (Å²) in [5.74, 6) is 0. The highest BCUT2D eigenvalue weighted by atomic mass is 28.4. The van der Waals surface area contributed by atoms with Crippen LogP contribution in [0.2, 0.25) is 18.1 Å². The molecule has 0 atom stereocenters. The minimum Gasteiger partial charge on any atom is -0.394 e. The van der Waals surface area contributed by atoms with Gasteiger partial charge in [-0.05, 0) is 59.7 Å². The van der Waals surface area contributed by atoms with E-state index in [-0.39, 0.29) is 0 Å². The molecule has 29 heavy (non-hydrogen) atoms. The highest BCUT2D eigenvalue weighted by molar-refractivity contribution is 6.70. The van der Waals surface area contributed by atoms with E-state index < -0.39 is 17.4 Å². The Bertz CT molecular complexity index is 393. The molecule has 0 aromatic carbocycles. The number of hydrogen-bond acceptors (Lipinski definition) is 6. The summed E-state index contributed by atoms with van der Waals surface area (Å²) in [5.41, 5.74) is 0. The van der Waals surface area contributed by atoms with E-state index >= 15 is 0 Å². The molecule has 172 valence electrons. The molecule has 0 unspecified atom stereocenters. The highest BCUT2D eigenvalue weighted by Gasteiger charge is 2.46. The summed E-state index contributed by atoms with van der Waals surface area (Å²) in [6.07, 6.45) is 4.89. The standard InChI is InChI=1S/C21H45NO5Si2/c1-8-16-22(17-9-2)18-15-19-28(23-10-3,24-11-4)20-21-29(25-12-5,26-13-6)27-14-7/h8-9H,1-2,10-21H2,3-7H3. The summed E-state index contributed by atoms with van der Waals surface area (Å²) in [5, 5.41) is 0. The van der Waals surface area contributed by atoms with Crippen LogP contribution in [0.5, 0.6) is 0 Å². The third kappa shape index (κ3) is 11.6. The molecule has 0 radical (unpaired) electrons. The molecule has 0 aliphatic rings. The van der Waals surface area contributed by atoms with Gasteiger partial charge in [0.15, 0.2) is 0 Å². The SMILES string of the molecule is C=CCN(CC=C)CCC[Si](CC[Si](OCC)(OCC)OCC)(OCC)OCC. The van der Waals surface area contributed by atoms with Gasteiger partial charge in [-0.15, -0.1) is 13.2 Å². The normalized spacial score (nSPS) is 12.5. The molecule has 0 saturated heterocycles. The molecule has 8 heteroatoms. The summed E-state index contributed by atoms with van der Waals surface area (Å²) >= 11 is 0. The lowest BCUT2D eigenvalue weighted by atomic mass is 10.4. The van der Waals surface area contributed by atoms with Gasteiger partial charge in [-0.3, -0.25) is 4.90 Å². The molecular formula is C21H45NO5Si2. The van der Waals surface area contributed by atoms with E-state index in [1.54, 1.807) is 0 Å². The van der Waals surface area contributed by atoms with Gasteiger partial charge in [-0.2, -0.15) is 0 Å². The van der Waals surface area contributed by atoms with Crippen LogP contribution in [0, 0.1) is 0 Å². The Hall–Kier alpha value is -0.326. The largest absolute Gasteiger partial charge is 0.500 e. The molecule has 0 bridgehead atoms. The summed E-state index contributed by atoms with van der Waals surface area (Å²) in [4.78, 5) is 2.33. The van der Waals surface area contributed by atoms with Gasteiger partial charge in [-0.1, -0.05) is 12.2 Å². The first kappa shape index (κ1) is 28.7. The van der Waals surface area contributed by atoms with Gasteiger partial charge in [0, 0.05) is 52.2 Å². The second kappa shape index (κ2) is 17.4. The van der Waals surface area contributed by atoms with E-state index in [9.17, 15) is 0 Å². The minimum absolute atomic E-state index is 0.585. The van der Waals surface area contributed by atoms with Gasteiger partial charge < -0.3 is 22.1 Å². The topological polar surface area (TPSA) is 49.4 Å². The van der Waals surface area contributed by atoms with Crippen LogP contribution < -0.4 is 0 Å². The molecule has 0 aliphatic carbocycles. The molecule has 0 aromatic heterocycles. The van der Waals surface area contributed by atoms with E-state index in [0.717, 1.165) is 44.2 Å². The maximum absolute atomic E-state index is 6.32. The number of hydrogen-bond donors (Lipinski definition) is 0. The van der Waals surface area contributed by atoms with E-state index in [1.165, 1.54) is 0 Å². The van der Waals surface area contributed by atoms with Crippen molar-refractivity contribution in [2.75, 3.05) is 52.7 Å². The van der Waals surface area contributed by atoms with Crippen LogP contribution in [0.25, 0.3) is 0 Å². The van der Waals surface area contributed by atoms with Crippen molar-refractivity contribution in [1.82, 2.24) is 4.90 Å². The van der Waals surface area contributed by atoms with Crippen molar-refractivity contribution in [3.8, 4) is 0 Å². The van der Waals surface area contributed by atoms with Crippen LogP contribution in [-0.4, -0.2) is 74.9 Å². The second-order valence-corrected chi connectivity index (χ2v) is 12.8. The van der Waals surface area contributed by atoms with Crippen molar-refractivity contribution in [3.63, 3.8) is 0 Å². The Morgan fingerprint density at radius 2 is 1.10 bits per heavy atom. The maximum atomic E-state index is 6.32. The maximum Gasteiger partial charge on any atom is 0.500 e.